The van der Waals surface area contributed by atoms with Gasteiger partial charge < -0.3 is 14.6 Å². The molecule has 1 aromatic carbocycles. The Morgan fingerprint density at radius 3 is 2.83 bits per heavy atom. The lowest BCUT2D eigenvalue weighted by Crippen LogP contribution is -2.15. The minimum absolute atomic E-state index is 0.633. The van der Waals surface area contributed by atoms with Crippen LogP contribution in [0.2, 0.25) is 5.02 Å². The van der Waals surface area contributed by atoms with Crippen LogP contribution in [0.15, 0.2) is 30.6 Å². The standard InChI is InChI=1S/C13H16ClN3O/c1-17-6-5-16-13(17)9-15-8-10-3-4-12(18-2)11(14)7-10/h3-7,15H,8-9H2,1-2H3. The van der Waals surface area contributed by atoms with Crippen LogP contribution in [-0.4, -0.2) is 16.7 Å². The van der Waals surface area contributed by atoms with Crippen LogP contribution in [0.5, 0.6) is 5.75 Å². The van der Waals surface area contributed by atoms with Crippen molar-refractivity contribution in [3.05, 3.63) is 47.0 Å². The van der Waals surface area contributed by atoms with E-state index < -0.39 is 0 Å². The third-order valence-electron chi connectivity index (χ3n) is 2.75. The quantitative estimate of drug-likeness (QED) is 0.902. The maximum atomic E-state index is 6.06. The van der Waals surface area contributed by atoms with Crippen molar-refractivity contribution in [1.29, 1.82) is 0 Å². The molecule has 0 atom stereocenters. The molecule has 0 bridgehead atoms. The van der Waals surface area contributed by atoms with Crippen molar-refractivity contribution < 1.29 is 4.74 Å². The molecule has 96 valence electrons. The first-order chi connectivity index (χ1) is 8.70. The monoisotopic (exact) mass is 265 g/mol. The van der Waals surface area contributed by atoms with Crippen LogP contribution in [-0.2, 0) is 20.1 Å². The Morgan fingerprint density at radius 2 is 2.22 bits per heavy atom. The van der Waals surface area contributed by atoms with E-state index in [0.717, 1.165) is 24.5 Å². The zero-order valence-electron chi connectivity index (χ0n) is 10.5. The fourth-order valence-corrected chi connectivity index (χ4v) is 1.99. The zero-order chi connectivity index (χ0) is 13.0. The summed E-state index contributed by atoms with van der Waals surface area (Å²) >= 11 is 6.06. The van der Waals surface area contributed by atoms with E-state index in [9.17, 15) is 0 Å². The van der Waals surface area contributed by atoms with Gasteiger partial charge in [0, 0.05) is 26.0 Å². The lowest BCUT2D eigenvalue weighted by Gasteiger charge is -2.07. The highest BCUT2D eigenvalue weighted by atomic mass is 35.5. The summed E-state index contributed by atoms with van der Waals surface area (Å²) in [6.07, 6.45) is 3.72. The molecule has 0 aliphatic heterocycles. The van der Waals surface area contributed by atoms with E-state index in [0.29, 0.717) is 10.8 Å². The summed E-state index contributed by atoms with van der Waals surface area (Å²) in [6, 6.07) is 5.78. The Morgan fingerprint density at radius 1 is 1.39 bits per heavy atom. The largest absolute Gasteiger partial charge is 0.495 e. The van der Waals surface area contributed by atoms with Gasteiger partial charge in [-0.15, -0.1) is 0 Å². The van der Waals surface area contributed by atoms with Gasteiger partial charge in [0.25, 0.3) is 0 Å². The summed E-state index contributed by atoms with van der Waals surface area (Å²) in [5.41, 5.74) is 1.12. The molecule has 18 heavy (non-hydrogen) atoms. The molecule has 0 unspecified atom stereocenters. The van der Waals surface area contributed by atoms with Crippen molar-refractivity contribution in [2.75, 3.05) is 7.11 Å². The van der Waals surface area contributed by atoms with Gasteiger partial charge in [0.2, 0.25) is 0 Å². The summed E-state index contributed by atoms with van der Waals surface area (Å²) in [5.74, 6) is 1.71. The number of nitrogens with one attached hydrogen (secondary N) is 1. The highest BCUT2D eigenvalue weighted by molar-refractivity contribution is 6.32. The van der Waals surface area contributed by atoms with Crippen LogP contribution in [0.3, 0.4) is 0 Å². The van der Waals surface area contributed by atoms with E-state index in [1.165, 1.54) is 0 Å². The number of halogens is 1. The first-order valence-corrected chi connectivity index (χ1v) is 6.08. The van der Waals surface area contributed by atoms with Crippen LogP contribution in [0, 0.1) is 0 Å². The highest BCUT2D eigenvalue weighted by Gasteiger charge is 2.02. The van der Waals surface area contributed by atoms with Gasteiger partial charge >= 0.3 is 0 Å². The molecule has 0 saturated heterocycles. The number of rotatable bonds is 5. The number of aromatic nitrogens is 2. The lowest BCUT2D eigenvalue weighted by molar-refractivity contribution is 0.415. The summed E-state index contributed by atoms with van der Waals surface area (Å²) in [5, 5.41) is 3.96. The molecule has 4 nitrogen and oxygen atoms in total. The molecule has 0 amide bonds. The summed E-state index contributed by atoms with van der Waals surface area (Å²) in [7, 11) is 3.59. The van der Waals surface area contributed by atoms with Gasteiger partial charge in [-0.1, -0.05) is 17.7 Å². The van der Waals surface area contributed by atoms with Crippen molar-refractivity contribution in [2.45, 2.75) is 13.1 Å². The van der Waals surface area contributed by atoms with Crippen LogP contribution in [0.4, 0.5) is 0 Å². The first kappa shape index (κ1) is 12.9. The Kier molecular flexibility index (Phi) is 4.23. The molecule has 0 aliphatic rings. The molecule has 0 aliphatic carbocycles. The maximum Gasteiger partial charge on any atom is 0.137 e. The van der Waals surface area contributed by atoms with E-state index in [1.807, 2.05) is 36.0 Å². The van der Waals surface area contributed by atoms with Gasteiger partial charge in [0.15, 0.2) is 0 Å². The molecule has 0 spiro atoms. The zero-order valence-corrected chi connectivity index (χ0v) is 11.2. The normalized spacial score (nSPS) is 10.6. The summed E-state index contributed by atoms with van der Waals surface area (Å²) in [6.45, 7) is 1.48. The second kappa shape index (κ2) is 5.89. The second-order valence-corrected chi connectivity index (χ2v) is 4.43. The predicted octanol–water partition coefficient (Wildman–Crippen LogP) is 2.37. The molecule has 2 rings (SSSR count). The Hall–Kier alpha value is -1.52. The van der Waals surface area contributed by atoms with Gasteiger partial charge in [0.05, 0.1) is 18.7 Å². The van der Waals surface area contributed by atoms with Crippen molar-refractivity contribution in [3.8, 4) is 5.75 Å². The van der Waals surface area contributed by atoms with Crippen molar-refractivity contribution in [2.24, 2.45) is 7.05 Å². The topological polar surface area (TPSA) is 39.1 Å². The van der Waals surface area contributed by atoms with Crippen molar-refractivity contribution >= 4 is 11.6 Å². The molecule has 5 heteroatoms. The number of methoxy groups -OCH3 is 1. The van der Waals surface area contributed by atoms with E-state index in [1.54, 1.807) is 13.3 Å². The number of hydrogen-bond donors (Lipinski definition) is 1. The molecule has 0 fully saturated rings. The number of nitrogens with zero attached hydrogens (tertiary/aromatic N) is 2. The maximum absolute atomic E-state index is 6.06. The fraction of sp³-hybridized carbons (Fsp3) is 0.308. The molecule has 1 heterocycles. The second-order valence-electron chi connectivity index (χ2n) is 4.03. The van der Waals surface area contributed by atoms with Crippen LogP contribution >= 0.6 is 11.6 Å². The number of ether oxygens (including phenoxy) is 1. The third-order valence-corrected chi connectivity index (χ3v) is 3.04. The molecule has 2 aromatic rings. The van der Waals surface area contributed by atoms with E-state index in [4.69, 9.17) is 16.3 Å². The number of imidazole rings is 1. The van der Waals surface area contributed by atoms with Gasteiger partial charge in [-0.2, -0.15) is 0 Å². The van der Waals surface area contributed by atoms with Crippen molar-refractivity contribution in [3.63, 3.8) is 0 Å². The number of benzene rings is 1. The molecule has 1 N–H and O–H groups in total. The van der Waals surface area contributed by atoms with E-state index in [-0.39, 0.29) is 0 Å². The average molecular weight is 266 g/mol. The average Bonchev–Trinajstić information content (AvgIpc) is 2.75. The molecule has 0 radical (unpaired) electrons. The Labute approximate surface area is 112 Å². The van der Waals surface area contributed by atoms with E-state index >= 15 is 0 Å². The Bertz CT molecular complexity index is 525. The predicted molar refractivity (Wildman–Crippen MR) is 71.8 cm³/mol. The molecular weight excluding hydrogens is 250 g/mol. The van der Waals surface area contributed by atoms with Crippen LogP contribution < -0.4 is 10.1 Å². The van der Waals surface area contributed by atoms with Gasteiger partial charge in [-0.05, 0) is 17.7 Å². The van der Waals surface area contributed by atoms with E-state index in [2.05, 4.69) is 10.3 Å². The molecule has 1 aromatic heterocycles. The third kappa shape index (κ3) is 3.03. The van der Waals surface area contributed by atoms with Crippen LogP contribution in [0.1, 0.15) is 11.4 Å². The van der Waals surface area contributed by atoms with Gasteiger partial charge in [0.1, 0.15) is 11.6 Å². The molecular formula is C13H16ClN3O. The number of hydrogen-bond acceptors (Lipinski definition) is 3. The smallest absolute Gasteiger partial charge is 0.137 e. The minimum Gasteiger partial charge on any atom is -0.495 e. The fourth-order valence-electron chi connectivity index (χ4n) is 1.71. The SMILES string of the molecule is COc1ccc(CNCc2nccn2C)cc1Cl. The van der Waals surface area contributed by atoms with Gasteiger partial charge in [-0.3, -0.25) is 0 Å². The van der Waals surface area contributed by atoms with Gasteiger partial charge in [-0.25, -0.2) is 4.98 Å². The lowest BCUT2D eigenvalue weighted by atomic mass is 10.2. The minimum atomic E-state index is 0.633. The van der Waals surface area contributed by atoms with Crippen molar-refractivity contribution in [1.82, 2.24) is 14.9 Å². The first-order valence-electron chi connectivity index (χ1n) is 5.70. The number of aryl methyl sites for hydroxylation is 1. The summed E-state index contributed by atoms with van der Waals surface area (Å²) < 4.78 is 7.11. The highest BCUT2D eigenvalue weighted by Crippen LogP contribution is 2.24. The Balaban J connectivity index is 1.91. The summed E-state index contributed by atoms with van der Waals surface area (Å²) in [4.78, 5) is 4.25. The molecule has 0 saturated carbocycles. The van der Waals surface area contributed by atoms with Crippen LogP contribution in [0.25, 0.3) is 0 Å².